The van der Waals surface area contributed by atoms with Gasteiger partial charge in [0.2, 0.25) is 11.8 Å². The third-order valence-corrected chi connectivity index (χ3v) is 7.51. The Morgan fingerprint density at radius 1 is 1.20 bits per heavy atom. The number of hydrogen-bond donors (Lipinski definition) is 2. The Balaban J connectivity index is 1.75. The van der Waals surface area contributed by atoms with Gasteiger partial charge in [-0.25, -0.2) is 9.97 Å². The summed E-state index contributed by atoms with van der Waals surface area (Å²) in [5.41, 5.74) is 5.41. The maximum Gasteiger partial charge on any atom is 0.253 e. The molecule has 1 atom stereocenters. The van der Waals surface area contributed by atoms with Gasteiger partial charge < -0.3 is 24.8 Å². The number of anilines is 1. The highest BCUT2D eigenvalue weighted by molar-refractivity contribution is 5.98. The number of amides is 2. The molecule has 2 N–H and O–H groups in total. The highest BCUT2D eigenvalue weighted by Gasteiger charge is 2.31. The summed E-state index contributed by atoms with van der Waals surface area (Å²) in [5, 5.41) is 2.95. The van der Waals surface area contributed by atoms with Crippen LogP contribution < -0.4 is 20.5 Å². The number of rotatable bonds is 10. The predicted octanol–water partition coefficient (Wildman–Crippen LogP) is 3.70. The lowest BCUT2D eigenvalue weighted by Gasteiger charge is -2.32. The molecule has 10 nitrogen and oxygen atoms in total. The number of nitrogens with one attached hydrogen (secondary N) is 2. The van der Waals surface area contributed by atoms with Crippen molar-refractivity contribution in [3.8, 4) is 17.1 Å². The van der Waals surface area contributed by atoms with Crippen LogP contribution in [0.1, 0.15) is 53.0 Å². The van der Waals surface area contributed by atoms with Crippen molar-refractivity contribution in [3.05, 3.63) is 81.5 Å². The van der Waals surface area contributed by atoms with Crippen molar-refractivity contribution < 1.29 is 14.3 Å². The molecule has 1 saturated heterocycles. The van der Waals surface area contributed by atoms with Gasteiger partial charge in [-0.3, -0.25) is 14.4 Å². The molecule has 41 heavy (non-hydrogen) atoms. The average molecular weight is 559 g/mol. The molecular weight excluding hydrogens is 520 g/mol. The van der Waals surface area contributed by atoms with Crippen LogP contribution in [-0.4, -0.2) is 63.9 Å². The van der Waals surface area contributed by atoms with Gasteiger partial charge in [-0.1, -0.05) is 6.58 Å². The van der Waals surface area contributed by atoms with Gasteiger partial charge in [-0.15, -0.1) is 0 Å². The number of benzene rings is 1. The van der Waals surface area contributed by atoms with Crippen molar-refractivity contribution in [3.63, 3.8) is 0 Å². The van der Waals surface area contributed by atoms with Gasteiger partial charge in [0.15, 0.2) is 0 Å². The Bertz CT molecular complexity index is 1510. The van der Waals surface area contributed by atoms with Crippen molar-refractivity contribution in [2.45, 2.75) is 53.6 Å². The highest BCUT2D eigenvalue weighted by Crippen LogP contribution is 2.34. The highest BCUT2D eigenvalue weighted by atomic mass is 16.5. The molecule has 1 aliphatic heterocycles. The largest absolute Gasteiger partial charge is 0.478 e. The van der Waals surface area contributed by atoms with E-state index in [1.165, 1.54) is 12.4 Å². The number of aryl methyl sites for hydroxylation is 2. The molecule has 1 aliphatic rings. The van der Waals surface area contributed by atoms with E-state index < -0.39 is 0 Å². The Morgan fingerprint density at radius 3 is 2.66 bits per heavy atom. The van der Waals surface area contributed by atoms with E-state index in [0.29, 0.717) is 48.9 Å². The molecule has 0 spiro atoms. The van der Waals surface area contributed by atoms with E-state index in [4.69, 9.17) is 4.74 Å². The maximum absolute atomic E-state index is 13.7. The van der Waals surface area contributed by atoms with Crippen molar-refractivity contribution in [2.24, 2.45) is 0 Å². The number of carbonyl (C=O) groups excluding carboxylic acids is 2. The number of carbonyl (C=O) groups is 2. The Morgan fingerprint density at radius 2 is 1.98 bits per heavy atom. The topological polar surface area (TPSA) is 121 Å². The lowest BCUT2D eigenvalue weighted by atomic mass is 9.98. The van der Waals surface area contributed by atoms with Gasteiger partial charge in [-0.05, 0) is 76.4 Å². The minimum Gasteiger partial charge on any atom is -0.478 e. The fraction of sp³-hybridized carbons (Fsp3) is 0.387. The van der Waals surface area contributed by atoms with E-state index >= 15 is 0 Å². The molecule has 3 aromatic rings. The summed E-state index contributed by atoms with van der Waals surface area (Å²) < 4.78 is 5.59. The standard InChI is InChI=1S/C31H38N6O4/c1-7-29(38)36-11-10-23(17-36)37(8-2)27-14-22(26-15-28(41-9-3)34-18-33-26)13-24(21(27)6)30(39)32-16-25-19(4)12-20(5)35-31(25)40/h7,12-15,18,23H,1,8-11,16-17H2,2-6H3,(H,32,39)(H,35,40). The number of aromatic amines is 1. The smallest absolute Gasteiger partial charge is 0.253 e. The maximum atomic E-state index is 13.7. The van der Waals surface area contributed by atoms with Crippen molar-refractivity contribution >= 4 is 17.5 Å². The molecule has 1 aromatic carbocycles. The van der Waals surface area contributed by atoms with Crippen LogP contribution in [0.4, 0.5) is 5.69 Å². The van der Waals surface area contributed by atoms with E-state index in [1.54, 1.807) is 11.0 Å². The van der Waals surface area contributed by atoms with Crippen LogP contribution in [0.2, 0.25) is 0 Å². The number of aromatic nitrogens is 3. The SMILES string of the molecule is C=CC(=O)N1CCC(N(CC)c2cc(-c3cc(OCC)ncn3)cc(C(=O)NCc3c(C)cc(C)[nH]c3=O)c2C)C1. The summed E-state index contributed by atoms with van der Waals surface area (Å²) >= 11 is 0. The molecule has 2 amide bonds. The number of likely N-dealkylation sites (tertiary alicyclic amines) is 1. The van der Waals surface area contributed by atoms with Gasteiger partial charge in [0.25, 0.3) is 11.5 Å². The van der Waals surface area contributed by atoms with Gasteiger partial charge in [0, 0.05) is 66.4 Å². The number of pyridine rings is 1. The van der Waals surface area contributed by atoms with Crippen molar-refractivity contribution in [1.29, 1.82) is 0 Å². The molecule has 10 heteroatoms. The number of nitrogens with zero attached hydrogens (tertiary/aromatic N) is 4. The van der Waals surface area contributed by atoms with Gasteiger partial charge in [0.1, 0.15) is 6.33 Å². The van der Waals surface area contributed by atoms with Gasteiger partial charge >= 0.3 is 0 Å². The first-order valence-corrected chi connectivity index (χ1v) is 13.9. The first-order valence-electron chi connectivity index (χ1n) is 13.9. The Kier molecular flexibility index (Phi) is 9.21. The first kappa shape index (κ1) is 29.5. The fourth-order valence-corrected chi connectivity index (χ4v) is 5.42. The summed E-state index contributed by atoms with van der Waals surface area (Å²) in [6, 6.07) is 7.56. The van der Waals surface area contributed by atoms with E-state index in [1.807, 2.05) is 45.9 Å². The van der Waals surface area contributed by atoms with E-state index in [0.717, 1.165) is 34.5 Å². The number of ether oxygens (including phenoxy) is 1. The zero-order valence-corrected chi connectivity index (χ0v) is 24.4. The number of likely N-dealkylation sites (N-methyl/N-ethyl adjacent to an activating group) is 1. The summed E-state index contributed by atoms with van der Waals surface area (Å²) in [4.78, 5) is 54.0. The first-order chi connectivity index (χ1) is 19.7. The minimum atomic E-state index is -0.296. The van der Waals surface area contributed by atoms with Crippen LogP contribution in [0, 0.1) is 20.8 Å². The monoisotopic (exact) mass is 558 g/mol. The lowest BCUT2D eigenvalue weighted by molar-refractivity contribution is -0.125. The zero-order valence-electron chi connectivity index (χ0n) is 24.4. The summed E-state index contributed by atoms with van der Waals surface area (Å²) in [7, 11) is 0. The van der Waals surface area contributed by atoms with Crippen LogP contribution >= 0.6 is 0 Å². The van der Waals surface area contributed by atoms with Gasteiger partial charge in [-0.2, -0.15) is 0 Å². The molecule has 4 rings (SSSR count). The molecule has 2 aromatic heterocycles. The molecule has 216 valence electrons. The molecule has 1 fully saturated rings. The normalized spacial score (nSPS) is 14.6. The molecule has 1 unspecified atom stereocenters. The number of H-pyrrole nitrogens is 1. The van der Waals surface area contributed by atoms with Gasteiger partial charge in [0.05, 0.1) is 12.3 Å². The zero-order chi connectivity index (χ0) is 29.7. The molecule has 0 bridgehead atoms. The van der Waals surface area contributed by atoms with Crippen molar-refractivity contribution in [2.75, 3.05) is 31.1 Å². The second-order valence-electron chi connectivity index (χ2n) is 10.2. The van der Waals surface area contributed by atoms with Crippen LogP contribution in [0.5, 0.6) is 5.88 Å². The lowest BCUT2D eigenvalue weighted by Crippen LogP contribution is -2.39. The summed E-state index contributed by atoms with van der Waals surface area (Å²) in [5.74, 6) is 0.0661. The van der Waals surface area contributed by atoms with E-state index in [-0.39, 0.29) is 30.0 Å². The quantitative estimate of drug-likeness (QED) is 0.364. The van der Waals surface area contributed by atoms with Crippen LogP contribution in [-0.2, 0) is 11.3 Å². The number of hydrogen-bond acceptors (Lipinski definition) is 7. The van der Waals surface area contributed by atoms with Crippen molar-refractivity contribution in [1.82, 2.24) is 25.2 Å². The summed E-state index contributed by atoms with van der Waals surface area (Å²) in [6.45, 7) is 15.6. The molecule has 3 heterocycles. The predicted molar refractivity (Wildman–Crippen MR) is 159 cm³/mol. The second kappa shape index (κ2) is 12.8. The van der Waals surface area contributed by atoms with Crippen LogP contribution in [0.3, 0.4) is 0 Å². The third-order valence-electron chi connectivity index (χ3n) is 7.51. The molecule has 0 aliphatic carbocycles. The Labute approximate surface area is 240 Å². The third kappa shape index (κ3) is 6.48. The van der Waals surface area contributed by atoms with Crippen LogP contribution in [0.25, 0.3) is 11.3 Å². The second-order valence-corrected chi connectivity index (χ2v) is 10.2. The fourth-order valence-electron chi connectivity index (χ4n) is 5.42. The molecule has 0 radical (unpaired) electrons. The Hall–Kier alpha value is -4.47. The van der Waals surface area contributed by atoms with E-state index in [9.17, 15) is 14.4 Å². The van der Waals surface area contributed by atoms with Crippen LogP contribution in [0.15, 0.2) is 48.0 Å². The van der Waals surface area contributed by atoms with E-state index in [2.05, 4.69) is 38.7 Å². The average Bonchev–Trinajstić information content (AvgIpc) is 3.43. The molecule has 0 saturated carbocycles. The minimum absolute atomic E-state index is 0.0758. The molecular formula is C31H38N6O4. The summed E-state index contributed by atoms with van der Waals surface area (Å²) in [6.07, 6.45) is 3.59.